The average Bonchev–Trinajstić information content (AvgIpc) is 2.45. The zero-order valence-corrected chi connectivity index (χ0v) is 10.4. The maximum atomic E-state index is 11.4. The number of hydrogen-bond acceptors (Lipinski definition) is 3. The third-order valence-electron chi connectivity index (χ3n) is 3.26. The lowest BCUT2D eigenvalue weighted by atomic mass is 10.00. The lowest BCUT2D eigenvalue weighted by molar-refractivity contribution is -0.144. The first-order valence-electron chi connectivity index (χ1n) is 5.89. The SMILES string of the molecule is CCOC(=O)CC(C)N1CCCC1(C)C. The van der Waals surface area contributed by atoms with Crippen molar-refractivity contribution in [2.24, 2.45) is 0 Å². The molecule has 0 bridgehead atoms. The summed E-state index contributed by atoms with van der Waals surface area (Å²) >= 11 is 0. The van der Waals surface area contributed by atoms with Crippen molar-refractivity contribution in [1.29, 1.82) is 0 Å². The molecule has 3 heteroatoms. The van der Waals surface area contributed by atoms with Crippen LogP contribution in [0, 0.1) is 0 Å². The van der Waals surface area contributed by atoms with E-state index in [2.05, 4.69) is 25.7 Å². The molecule has 0 aliphatic carbocycles. The van der Waals surface area contributed by atoms with Gasteiger partial charge in [0.05, 0.1) is 13.0 Å². The summed E-state index contributed by atoms with van der Waals surface area (Å²) < 4.78 is 4.97. The summed E-state index contributed by atoms with van der Waals surface area (Å²) in [5.74, 6) is -0.0762. The van der Waals surface area contributed by atoms with E-state index >= 15 is 0 Å². The summed E-state index contributed by atoms with van der Waals surface area (Å²) in [4.78, 5) is 13.8. The fraction of sp³-hybridized carbons (Fsp3) is 0.917. The molecule has 3 nitrogen and oxygen atoms in total. The van der Waals surface area contributed by atoms with Gasteiger partial charge < -0.3 is 4.74 Å². The molecule has 0 amide bonds. The number of rotatable bonds is 4. The van der Waals surface area contributed by atoms with Crippen LogP contribution in [0.25, 0.3) is 0 Å². The van der Waals surface area contributed by atoms with E-state index in [1.165, 1.54) is 12.8 Å². The van der Waals surface area contributed by atoms with Crippen molar-refractivity contribution < 1.29 is 9.53 Å². The molecule has 0 spiro atoms. The zero-order valence-electron chi connectivity index (χ0n) is 10.4. The summed E-state index contributed by atoms with van der Waals surface area (Å²) in [5, 5.41) is 0. The standard InChI is InChI=1S/C12H23NO2/c1-5-15-11(14)9-10(2)13-8-6-7-12(13,3)4/h10H,5-9H2,1-4H3. The molecule has 1 unspecified atom stereocenters. The third-order valence-corrected chi connectivity index (χ3v) is 3.26. The highest BCUT2D eigenvalue weighted by Gasteiger charge is 2.35. The Morgan fingerprint density at radius 3 is 2.67 bits per heavy atom. The molecule has 1 saturated heterocycles. The minimum atomic E-state index is -0.0762. The molecule has 0 N–H and O–H groups in total. The van der Waals surface area contributed by atoms with Crippen LogP contribution < -0.4 is 0 Å². The summed E-state index contributed by atoms with van der Waals surface area (Å²) in [6.45, 7) is 10.1. The van der Waals surface area contributed by atoms with Crippen LogP contribution in [0.3, 0.4) is 0 Å². The van der Waals surface area contributed by atoms with E-state index in [1.807, 2.05) is 6.92 Å². The van der Waals surface area contributed by atoms with E-state index in [0.29, 0.717) is 19.1 Å². The molecule has 0 aromatic rings. The van der Waals surface area contributed by atoms with Gasteiger partial charge in [-0.1, -0.05) is 0 Å². The van der Waals surface area contributed by atoms with E-state index in [4.69, 9.17) is 4.74 Å². The first kappa shape index (κ1) is 12.5. The van der Waals surface area contributed by atoms with Crippen LogP contribution in [0.1, 0.15) is 47.0 Å². The van der Waals surface area contributed by atoms with Crippen molar-refractivity contribution in [2.75, 3.05) is 13.2 Å². The highest BCUT2D eigenvalue weighted by molar-refractivity contribution is 5.70. The number of carbonyl (C=O) groups excluding carboxylic acids is 1. The minimum Gasteiger partial charge on any atom is -0.466 e. The Hall–Kier alpha value is -0.570. The second-order valence-corrected chi connectivity index (χ2v) is 4.97. The summed E-state index contributed by atoms with van der Waals surface area (Å²) in [6, 6.07) is 0.293. The number of hydrogen-bond donors (Lipinski definition) is 0. The molecule has 1 rings (SSSR count). The van der Waals surface area contributed by atoms with E-state index in [9.17, 15) is 4.79 Å². The van der Waals surface area contributed by atoms with Crippen LogP contribution in [-0.4, -0.2) is 35.6 Å². The van der Waals surface area contributed by atoms with Crippen LogP contribution in [0.5, 0.6) is 0 Å². The summed E-state index contributed by atoms with van der Waals surface area (Å²) in [5.41, 5.74) is 0.242. The smallest absolute Gasteiger partial charge is 0.307 e. The quantitative estimate of drug-likeness (QED) is 0.670. The molecule has 1 aliphatic heterocycles. The van der Waals surface area contributed by atoms with E-state index in [0.717, 1.165) is 6.54 Å². The molecule has 1 atom stereocenters. The van der Waals surface area contributed by atoms with Crippen LogP contribution >= 0.6 is 0 Å². The van der Waals surface area contributed by atoms with Gasteiger partial charge in [0.2, 0.25) is 0 Å². The Labute approximate surface area is 92.8 Å². The van der Waals surface area contributed by atoms with Crippen LogP contribution in [0.15, 0.2) is 0 Å². The lowest BCUT2D eigenvalue weighted by Gasteiger charge is -2.36. The molecule has 1 aliphatic rings. The second kappa shape index (κ2) is 4.97. The molecule has 1 fully saturated rings. The summed E-state index contributed by atoms with van der Waals surface area (Å²) in [7, 11) is 0. The number of nitrogens with zero attached hydrogens (tertiary/aromatic N) is 1. The monoisotopic (exact) mass is 213 g/mol. The Morgan fingerprint density at radius 2 is 2.20 bits per heavy atom. The molecule has 88 valence electrons. The number of likely N-dealkylation sites (tertiary alicyclic amines) is 1. The van der Waals surface area contributed by atoms with E-state index in [1.54, 1.807) is 0 Å². The molecule has 0 aromatic carbocycles. The molecule has 0 aromatic heterocycles. The fourth-order valence-corrected chi connectivity index (χ4v) is 2.52. The maximum Gasteiger partial charge on any atom is 0.307 e. The Morgan fingerprint density at radius 1 is 1.53 bits per heavy atom. The Balaban J connectivity index is 2.46. The van der Waals surface area contributed by atoms with Crippen molar-refractivity contribution >= 4 is 5.97 Å². The summed E-state index contributed by atoms with van der Waals surface area (Å²) in [6.07, 6.45) is 2.97. The maximum absolute atomic E-state index is 11.4. The predicted molar refractivity (Wildman–Crippen MR) is 60.7 cm³/mol. The molecule has 0 radical (unpaired) electrons. The highest BCUT2D eigenvalue weighted by atomic mass is 16.5. The molecular formula is C12H23NO2. The fourth-order valence-electron chi connectivity index (χ4n) is 2.52. The first-order valence-corrected chi connectivity index (χ1v) is 5.89. The molecule has 1 heterocycles. The predicted octanol–water partition coefficient (Wildman–Crippen LogP) is 2.20. The normalized spacial score (nSPS) is 22.7. The highest BCUT2D eigenvalue weighted by Crippen LogP contribution is 2.30. The van der Waals surface area contributed by atoms with Crippen LogP contribution in [-0.2, 0) is 9.53 Å². The van der Waals surface area contributed by atoms with Crippen molar-refractivity contribution in [3.63, 3.8) is 0 Å². The van der Waals surface area contributed by atoms with E-state index in [-0.39, 0.29) is 11.5 Å². The lowest BCUT2D eigenvalue weighted by Crippen LogP contribution is -2.45. The topological polar surface area (TPSA) is 29.5 Å². The van der Waals surface area contributed by atoms with Gasteiger partial charge in [-0.15, -0.1) is 0 Å². The number of esters is 1. The average molecular weight is 213 g/mol. The second-order valence-electron chi connectivity index (χ2n) is 4.97. The Kier molecular flexibility index (Phi) is 4.14. The molecule has 0 saturated carbocycles. The zero-order chi connectivity index (χ0) is 11.5. The first-order chi connectivity index (χ1) is 6.97. The van der Waals surface area contributed by atoms with E-state index < -0.39 is 0 Å². The van der Waals surface area contributed by atoms with Crippen molar-refractivity contribution in [2.45, 2.75) is 58.5 Å². The van der Waals surface area contributed by atoms with Gasteiger partial charge in [0, 0.05) is 11.6 Å². The van der Waals surface area contributed by atoms with Gasteiger partial charge in [-0.3, -0.25) is 9.69 Å². The van der Waals surface area contributed by atoms with Gasteiger partial charge >= 0.3 is 5.97 Å². The van der Waals surface area contributed by atoms with Gasteiger partial charge in [0.25, 0.3) is 0 Å². The number of ether oxygens (including phenoxy) is 1. The van der Waals surface area contributed by atoms with Gasteiger partial charge in [0.15, 0.2) is 0 Å². The van der Waals surface area contributed by atoms with Crippen molar-refractivity contribution in [3.8, 4) is 0 Å². The van der Waals surface area contributed by atoms with Gasteiger partial charge in [-0.2, -0.15) is 0 Å². The van der Waals surface area contributed by atoms with Crippen molar-refractivity contribution in [3.05, 3.63) is 0 Å². The van der Waals surface area contributed by atoms with Crippen molar-refractivity contribution in [1.82, 2.24) is 4.90 Å². The van der Waals surface area contributed by atoms with Crippen LogP contribution in [0.4, 0.5) is 0 Å². The van der Waals surface area contributed by atoms with Gasteiger partial charge in [-0.25, -0.2) is 0 Å². The Bertz CT molecular complexity index is 226. The number of carbonyl (C=O) groups is 1. The van der Waals surface area contributed by atoms with Crippen LogP contribution in [0.2, 0.25) is 0 Å². The largest absolute Gasteiger partial charge is 0.466 e. The minimum absolute atomic E-state index is 0.0762. The molecular weight excluding hydrogens is 190 g/mol. The third kappa shape index (κ3) is 3.20. The van der Waals surface area contributed by atoms with Gasteiger partial charge in [-0.05, 0) is 47.1 Å². The van der Waals surface area contributed by atoms with Gasteiger partial charge in [0.1, 0.15) is 0 Å². The molecule has 15 heavy (non-hydrogen) atoms.